The monoisotopic (exact) mass is 429 g/mol. The van der Waals surface area contributed by atoms with E-state index in [4.69, 9.17) is 4.74 Å². The molecule has 1 aromatic rings. The van der Waals surface area contributed by atoms with Crippen LogP contribution in [0.5, 0.6) is 5.75 Å². The van der Waals surface area contributed by atoms with E-state index >= 15 is 0 Å². The van der Waals surface area contributed by atoms with E-state index in [1.54, 1.807) is 19.2 Å². The lowest BCUT2D eigenvalue weighted by molar-refractivity contribution is -0.483. The lowest BCUT2D eigenvalue weighted by atomic mass is 10.0. The van der Waals surface area contributed by atoms with Crippen LogP contribution >= 0.6 is 47.8 Å². The summed E-state index contributed by atoms with van der Waals surface area (Å²) in [6, 6.07) is 7.18. The average molecular weight is 432 g/mol. The molecule has 1 rings (SSSR count). The number of methoxy groups -OCH3 is 1. The van der Waals surface area contributed by atoms with Crippen LogP contribution < -0.4 is 4.74 Å². The summed E-state index contributed by atoms with van der Waals surface area (Å²) >= 11 is 10.0. The third-order valence-electron chi connectivity index (χ3n) is 2.24. The van der Waals surface area contributed by atoms with Gasteiger partial charge in [-0.3, -0.25) is 10.1 Å². The van der Waals surface area contributed by atoms with Crippen molar-refractivity contribution >= 4 is 47.8 Å². The molecular weight excluding hydrogens is 422 g/mol. The van der Waals surface area contributed by atoms with Gasteiger partial charge in [-0.2, -0.15) is 0 Å². The standard InChI is InChI=1S/C10H10Br3NO3/c1-17-8-4-2-7(3-5-8)9(6-14(15)16)10(11,12)13/h2-5,9H,6H2,1H3. The minimum atomic E-state index is -0.700. The Morgan fingerprint density at radius 1 is 1.35 bits per heavy atom. The van der Waals surface area contributed by atoms with Crippen molar-refractivity contribution in [2.45, 2.75) is 8.06 Å². The van der Waals surface area contributed by atoms with Gasteiger partial charge >= 0.3 is 0 Å². The second-order valence-electron chi connectivity index (χ2n) is 3.38. The summed E-state index contributed by atoms with van der Waals surface area (Å²) in [5.74, 6) is 0.376. The number of ether oxygens (including phenoxy) is 1. The fourth-order valence-corrected chi connectivity index (χ4v) is 2.61. The third-order valence-corrected chi connectivity index (χ3v) is 3.90. The Hall–Kier alpha value is -0.140. The molecule has 0 amide bonds. The molecule has 1 atom stereocenters. The molecule has 17 heavy (non-hydrogen) atoms. The number of hydrogen-bond acceptors (Lipinski definition) is 3. The fraction of sp³-hybridized carbons (Fsp3) is 0.400. The van der Waals surface area contributed by atoms with Crippen molar-refractivity contribution in [2.24, 2.45) is 0 Å². The average Bonchev–Trinajstić information content (AvgIpc) is 2.24. The zero-order chi connectivity index (χ0) is 13.1. The summed E-state index contributed by atoms with van der Waals surface area (Å²) in [5, 5.41) is 10.7. The quantitative estimate of drug-likeness (QED) is 0.413. The molecule has 0 radical (unpaired) electrons. The molecule has 0 N–H and O–H groups in total. The van der Waals surface area contributed by atoms with Gasteiger partial charge in [0.15, 0.2) is 0 Å². The van der Waals surface area contributed by atoms with Crippen LogP contribution in [0, 0.1) is 10.1 Å². The van der Waals surface area contributed by atoms with Crippen molar-refractivity contribution in [2.75, 3.05) is 13.7 Å². The van der Waals surface area contributed by atoms with E-state index in [1.165, 1.54) is 0 Å². The zero-order valence-corrected chi connectivity index (χ0v) is 13.7. The molecule has 94 valence electrons. The van der Waals surface area contributed by atoms with Crippen molar-refractivity contribution in [3.05, 3.63) is 39.9 Å². The second-order valence-corrected chi connectivity index (χ2v) is 10.3. The maximum absolute atomic E-state index is 10.7. The smallest absolute Gasteiger partial charge is 0.213 e. The summed E-state index contributed by atoms with van der Waals surface area (Å²) in [6.45, 7) is -0.186. The van der Waals surface area contributed by atoms with Gasteiger partial charge in [-0.1, -0.05) is 59.9 Å². The Labute approximate surface area is 124 Å². The van der Waals surface area contributed by atoms with Gasteiger partial charge in [0.05, 0.1) is 13.0 Å². The number of halogens is 3. The summed E-state index contributed by atoms with van der Waals surface area (Å²) in [5.41, 5.74) is 0.841. The Kier molecular flexibility index (Phi) is 5.40. The van der Waals surface area contributed by atoms with Crippen LogP contribution in [0.1, 0.15) is 11.5 Å². The van der Waals surface area contributed by atoms with E-state index in [0.29, 0.717) is 0 Å². The first-order chi connectivity index (χ1) is 7.84. The number of benzene rings is 1. The van der Waals surface area contributed by atoms with Gasteiger partial charge in [0.1, 0.15) is 7.89 Å². The van der Waals surface area contributed by atoms with Gasteiger partial charge in [0.25, 0.3) is 0 Å². The number of nitro groups is 1. The van der Waals surface area contributed by atoms with Crippen molar-refractivity contribution in [1.82, 2.24) is 0 Å². The van der Waals surface area contributed by atoms with Gasteiger partial charge in [-0.25, -0.2) is 0 Å². The molecule has 0 saturated carbocycles. The molecule has 0 saturated heterocycles. The predicted molar refractivity (Wildman–Crippen MR) is 77.1 cm³/mol. The summed E-state index contributed by atoms with van der Waals surface area (Å²) < 4.78 is 4.35. The van der Waals surface area contributed by atoms with Crippen LogP contribution in [0.15, 0.2) is 24.3 Å². The molecule has 0 heterocycles. The molecule has 0 bridgehead atoms. The highest BCUT2D eigenvalue weighted by atomic mass is 80.0. The fourth-order valence-electron chi connectivity index (χ4n) is 1.38. The highest BCUT2D eigenvalue weighted by Gasteiger charge is 2.36. The molecule has 0 aliphatic carbocycles. The number of nitrogens with zero attached hydrogens (tertiary/aromatic N) is 1. The maximum Gasteiger partial charge on any atom is 0.213 e. The SMILES string of the molecule is COc1ccc(C(C[N+](=O)[O-])C(Br)(Br)Br)cc1. The third kappa shape index (κ3) is 4.56. The van der Waals surface area contributed by atoms with Crippen LogP contribution in [-0.2, 0) is 0 Å². The van der Waals surface area contributed by atoms with Crippen LogP contribution in [-0.4, -0.2) is 20.7 Å². The number of rotatable bonds is 4. The van der Waals surface area contributed by atoms with Gasteiger partial charge in [0, 0.05) is 4.92 Å². The van der Waals surface area contributed by atoms with E-state index in [1.807, 2.05) is 12.1 Å². The van der Waals surface area contributed by atoms with E-state index in [-0.39, 0.29) is 17.4 Å². The molecule has 0 aliphatic rings. The number of alkyl halides is 3. The van der Waals surface area contributed by atoms with E-state index in [0.717, 1.165) is 11.3 Å². The summed E-state index contributed by atoms with van der Waals surface area (Å²) in [7, 11) is 1.58. The first-order valence-electron chi connectivity index (χ1n) is 4.67. The van der Waals surface area contributed by atoms with Crippen LogP contribution in [0.3, 0.4) is 0 Å². The Bertz CT molecular complexity index is 389. The molecule has 7 heteroatoms. The normalized spacial score (nSPS) is 13.2. The topological polar surface area (TPSA) is 52.4 Å². The Morgan fingerprint density at radius 2 is 1.88 bits per heavy atom. The molecule has 0 aliphatic heterocycles. The van der Waals surface area contributed by atoms with E-state index in [2.05, 4.69) is 47.8 Å². The molecule has 1 unspecified atom stereocenters. The predicted octanol–water partition coefficient (Wildman–Crippen LogP) is 3.89. The maximum atomic E-state index is 10.7. The zero-order valence-electron chi connectivity index (χ0n) is 8.90. The molecule has 0 fully saturated rings. The van der Waals surface area contributed by atoms with Crippen LogP contribution in [0.25, 0.3) is 0 Å². The Morgan fingerprint density at radius 3 is 2.24 bits per heavy atom. The Balaban J connectivity index is 3.00. The molecule has 0 spiro atoms. The van der Waals surface area contributed by atoms with Crippen molar-refractivity contribution in [3.63, 3.8) is 0 Å². The van der Waals surface area contributed by atoms with Gasteiger partial charge < -0.3 is 4.74 Å². The lowest BCUT2D eigenvalue weighted by Crippen LogP contribution is -2.23. The highest BCUT2D eigenvalue weighted by Crippen LogP contribution is 2.46. The number of hydrogen-bond donors (Lipinski definition) is 0. The minimum Gasteiger partial charge on any atom is -0.497 e. The van der Waals surface area contributed by atoms with Crippen molar-refractivity contribution < 1.29 is 9.66 Å². The van der Waals surface area contributed by atoms with E-state index in [9.17, 15) is 10.1 Å². The summed E-state index contributed by atoms with van der Waals surface area (Å²) in [4.78, 5) is 10.3. The van der Waals surface area contributed by atoms with Crippen LogP contribution in [0.2, 0.25) is 0 Å². The molecule has 4 nitrogen and oxygen atoms in total. The van der Waals surface area contributed by atoms with Gasteiger partial charge in [-0.15, -0.1) is 0 Å². The van der Waals surface area contributed by atoms with E-state index < -0.39 is 2.14 Å². The van der Waals surface area contributed by atoms with Crippen molar-refractivity contribution in [1.29, 1.82) is 0 Å². The first kappa shape index (κ1) is 14.9. The lowest BCUT2D eigenvalue weighted by Gasteiger charge is -2.22. The van der Waals surface area contributed by atoms with Gasteiger partial charge in [0.2, 0.25) is 6.54 Å². The largest absolute Gasteiger partial charge is 0.497 e. The first-order valence-corrected chi connectivity index (χ1v) is 7.05. The molecule has 0 aromatic heterocycles. The van der Waals surface area contributed by atoms with Gasteiger partial charge in [-0.05, 0) is 17.7 Å². The highest BCUT2D eigenvalue weighted by molar-refractivity contribution is 9.39. The summed E-state index contributed by atoms with van der Waals surface area (Å²) in [6.07, 6.45) is 0. The molecule has 1 aromatic carbocycles. The molecular formula is C10H10Br3NO3. The minimum absolute atomic E-state index is 0.186. The van der Waals surface area contributed by atoms with Crippen LogP contribution in [0.4, 0.5) is 0 Å². The second kappa shape index (κ2) is 6.15. The van der Waals surface area contributed by atoms with Crippen molar-refractivity contribution in [3.8, 4) is 5.75 Å².